The number of nitrogens with zero attached hydrogens (tertiary/aromatic N) is 2. The number of ketones is 1. The molecular weight excluding hydrogens is 375 g/mol. The monoisotopic (exact) mass is 394 g/mol. The second-order valence-electron chi connectivity index (χ2n) is 7.04. The number of halogens is 1. The molecule has 0 saturated carbocycles. The Hall–Kier alpha value is -2.80. The van der Waals surface area contributed by atoms with E-state index >= 15 is 0 Å². The van der Waals surface area contributed by atoms with Gasteiger partial charge in [-0.2, -0.15) is 0 Å². The smallest absolute Gasteiger partial charge is 0.212 e. The van der Waals surface area contributed by atoms with E-state index in [-0.39, 0.29) is 23.7 Å². The first-order valence-corrected chi connectivity index (χ1v) is 10.4. The van der Waals surface area contributed by atoms with Crippen molar-refractivity contribution in [3.63, 3.8) is 0 Å². The molecule has 0 spiro atoms. The van der Waals surface area contributed by atoms with Gasteiger partial charge in [0.2, 0.25) is 5.78 Å². The molecule has 7 heteroatoms. The highest BCUT2D eigenvalue weighted by molar-refractivity contribution is 8.13. The summed E-state index contributed by atoms with van der Waals surface area (Å²) in [5.74, 6) is -0.301. The summed E-state index contributed by atoms with van der Waals surface area (Å²) >= 11 is 1.58. The Bertz CT molecular complexity index is 1020. The number of carbonyl (C=O) groups is 1. The van der Waals surface area contributed by atoms with Gasteiger partial charge in [-0.3, -0.25) is 9.79 Å². The number of carbonyl (C=O) groups excluding carboxylic acids is 1. The van der Waals surface area contributed by atoms with Crippen molar-refractivity contribution in [1.29, 1.82) is 0 Å². The molecule has 2 heterocycles. The van der Waals surface area contributed by atoms with Gasteiger partial charge in [0.05, 0.1) is 24.3 Å². The summed E-state index contributed by atoms with van der Waals surface area (Å²) in [6, 6.07) is 14.1. The molecule has 0 saturated heterocycles. The first kappa shape index (κ1) is 17.3. The summed E-state index contributed by atoms with van der Waals surface area (Å²) in [7, 11) is 0. The molecule has 2 aromatic rings. The van der Waals surface area contributed by atoms with Gasteiger partial charge in [-0.05, 0) is 30.5 Å². The van der Waals surface area contributed by atoms with E-state index in [0.717, 1.165) is 22.1 Å². The van der Waals surface area contributed by atoms with Crippen LogP contribution in [0.4, 0.5) is 10.1 Å². The Morgan fingerprint density at radius 2 is 1.82 bits per heavy atom. The number of allylic oxidation sites excluding steroid dienone is 1. The lowest BCUT2D eigenvalue weighted by atomic mass is 10.0. The molecule has 3 aliphatic rings. The Labute approximate surface area is 166 Å². The Balaban J connectivity index is 1.64. The van der Waals surface area contributed by atoms with Gasteiger partial charge in [-0.1, -0.05) is 36.0 Å². The maximum atomic E-state index is 13.5. The summed E-state index contributed by atoms with van der Waals surface area (Å²) in [6.07, 6.45) is 1.99. The van der Waals surface area contributed by atoms with E-state index in [4.69, 9.17) is 0 Å². The van der Waals surface area contributed by atoms with Crippen LogP contribution < -0.4 is 15.5 Å². The van der Waals surface area contributed by atoms with E-state index < -0.39 is 0 Å². The number of hydrogen-bond donors (Lipinski definition) is 2. The number of nitrogens with one attached hydrogen (secondary N) is 2. The molecular formula is C21H19FN4OS. The van der Waals surface area contributed by atoms with E-state index in [1.165, 1.54) is 12.1 Å². The minimum atomic E-state index is -0.294. The van der Waals surface area contributed by atoms with Crippen LogP contribution in [0.5, 0.6) is 0 Å². The maximum Gasteiger partial charge on any atom is 0.212 e. The summed E-state index contributed by atoms with van der Waals surface area (Å²) in [5.41, 5.74) is 3.86. The predicted octanol–water partition coefficient (Wildman–Crippen LogP) is 2.86. The Morgan fingerprint density at radius 3 is 2.57 bits per heavy atom. The van der Waals surface area contributed by atoms with Gasteiger partial charge in [-0.25, -0.2) is 4.39 Å². The largest absolute Gasteiger partial charge is 0.376 e. The quantitative estimate of drug-likeness (QED) is 0.779. The molecule has 5 rings (SSSR count). The topological polar surface area (TPSA) is 56.7 Å². The minimum Gasteiger partial charge on any atom is -0.376 e. The number of amidine groups is 1. The molecule has 5 nitrogen and oxygen atoms in total. The number of fused-ring (bicyclic) bond motifs is 3. The maximum absolute atomic E-state index is 13.5. The van der Waals surface area contributed by atoms with Gasteiger partial charge in [0, 0.05) is 23.4 Å². The van der Waals surface area contributed by atoms with Gasteiger partial charge < -0.3 is 15.5 Å². The Kier molecular flexibility index (Phi) is 4.12. The SMILES string of the molecule is CSC1=NCC2NC3=C(C(=O)c4ccccc43)N(c3ccc(F)cc3)CC2N1. The zero-order chi connectivity index (χ0) is 19.3. The van der Waals surface area contributed by atoms with Crippen molar-refractivity contribution in [2.45, 2.75) is 12.1 Å². The second-order valence-corrected chi connectivity index (χ2v) is 7.83. The summed E-state index contributed by atoms with van der Waals surface area (Å²) in [5, 5.41) is 7.97. The van der Waals surface area contributed by atoms with Crippen LogP contribution in [0.25, 0.3) is 5.70 Å². The van der Waals surface area contributed by atoms with Crippen molar-refractivity contribution in [3.8, 4) is 0 Å². The van der Waals surface area contributed by atoms with Crippen LogP contribution in [0.1, 0.15) is 15.9 Å². The lowest BCUT2D eigenvalue weighted by Gasteiger charge is -2.34. The number of benzene rings is 2. The zero-order valence-electron chi connectivity index (χ0n) is 15.3. The highest BCUT2D eigenvalue weighted by Gasteiger charge is 2.41. The summed E-state index contributed by atoms with van der Waals surface area (Å²) < 4.78 is 13.5. The van der Waals surface area contributed by atoms with Gasteiger partial charge >= 0.3 is 0 Å². The first-order valence-electron chi connectivity index (χ1n) is 9.18. The Morgan fingerprint density at radius 1 is 1.07 bits per heavy atom. The predicted molar refractivity (Wildman–Crippen MR) is 111 cm³/mol. The lowest BCUT2D eigenvalue weighted by Crippen LogP contribution is -2.56. The molecule has 0 bridgehead atoms. The average Bonchev–Trinajstić information content (AvgIpc) is 2.89. The zero-order valence-corrected chi connectivity index (χ0v) is 16.1. The summed E-state index contributed by atoms with van der Waals surface area (Å²) in [6.45, 7) is 1.22. The fraction of sp³-hybridized carbons (Fsp3) is 0.238. The average molecular weight is 394 g/mol. The van der Waals surface area contributed by atoms with E-state index in [2.05, 4.69) is 15.6 Å². The van der Waals surface area contributed by atoms with Gasteiger partial charge in [0.15, 0.2) is 5.17 Å². The molecule has 0 aromatic heterocycles. The van der Waals surface area contributed by atoms with Crippen LogP contribution >= 0.6 is 11.8 Å². The normalized spacial score (nSPS) is 23.1. The number of rotatable bonds is 1. The number of thioether (sulfide) groups is 1. The van der Waals surface area contributed by atoms with Crippen LogP contribution in [0.15, 0.2) is 59.2 Å². The van der Waals surface area contributed by atoms with Gasteiger partial charge in [0.25, 0.3) is 0 Å². The van der Waals surface area contributed by atoms with Gasteiger partial charge in [-0.15, -0.1) is 0 Å². The van der Waals surface area contributed by atoms with Crippen molar-refractivity contribution in [2.24, 2.45) is 4.99 Å². The molecule has 2 N–H and O–H groups in total. The third-order valence-electron chi connectivity index (χ3n) is 5.43. The number of aliphatic imine (C=N–C) groups is 1. The molecule has 0 radical (unpaired) electrons. The van der Waals surface area contributed by atoms with E-state index in [1.807, 2.05) is 35.4 Å². The first-order chi connectivity index (χ1) is 13.7. The highest BCUT2D eigenvalue weighted by atomic mass is 32.2. The lowest BCUT2D eigenvalue weighted by molar-refractivity contribution is 0.103. The van der Waals surface area contributed by atoms with Crippen LogP contribution in [-0.4, -0.2) is 42.4 Å². The number of anilines is 1. The van der Waals surface area contributed by atoms with E-state index in [0.29, 0.717) is 24.4 Å². The number of hydrogen-bond acceptors (Lipinski definition) is 6. The third-order valence-corrected chi connectivity index (χ3v) is 6.06. The van der Waals surface area contributed by atoms with Crippen molar-refractivity contribution >= 4 is 34.1 Å². The molecule has 1 aliphatic carbocycles. The molecule has 0 fully saturated rings. The van der Waals surface area contributed by atoms with Crippen molar-refractivity contribution in [3.05, 3.63) is 71.2 Å². The molecule has 2 aromatic carbocycles. The van der Waals surface area contributed by atoms with Crippen LogP contribution in [0.2, 0.25) is 0 Å². The van der Waals surface area contributed by atoms with Crippen LogP contribution in [-0.2, 0) is 0 Å². The molecule has 2 unspecified atom stereocenters. The van der Waals surface area contributed by atoms with Gasteiger partial charge in [0.1, 0.15) is 11.5 Å². The number of Topliss-reactive ketones (excluding diaryl/α,β-unsaturated/α-hetero) is 1. The summed E-state index contributed by atoms with van der Waals surface area (Å²) in [4.78, 5) is 19.9. The van der Waals surface area contributed by atoms with E-state index in [9.17, 15) is 9.18 Å². The molecule has 2 atom stereocenters. The van der Waals surface area contributed by atoms with Crippen molar-refractivity contribution < 1.29 is 9.18 Å². The standard InChI is InChI=1S/C21H19FN4OS/c1-28-21-23-10-16-17(25-21)11-26(13-8-6-12(22)7-9-13)19-18(24-16)14-4-2-3-5-15(14)20(19)27/h2-9,16-17,24H,10-11H2,1H3,(H,23,25). The van der Waals surface area contributed by atoms with Crippen molar-refractivity contribution in [1.82, 2.24) is 10.6 Å². The fourth-order valence-electron chi connectivity index (χ4n) is 4.06. The molecule has 142 valence electrons. The highest BCUT2D eigenvalue weighted by Crippen LogP contribution is 2.38. The van der Waals surface area contributed by atoms with E-state index in [1.54, 1.807) is 23.9 Å². The molecule has 0 amide bonds. The van der Waals surface area contributed by atoms with Crippen LogP contribution in [0, 0.1) is 5.82 Å². The van der Waals surface area contributed by atoms with Crippen LogP contribution in [0.3, 0.4) is 0 Å². The molecule has 28 heavy (non-hydrogen) atoms. The minimum absolute atomic E-state index is 0.00733. The van der Waals surface area contributed by atoms with Crippen molar-refractivity contribution in [2.75, 3.05) is 24.2 Å². The second kappa shape index (κ2) is 6.67. The third kappa shape index (κ3) is 2.69. The fourth-order valence-corrected chi connectivity index (χ4v) is 4.53. The molecule has 2 aliphatic heterocycles.